The van der Waals surface area contributed by atoms with E-state index in [1.807, 2.05) is 6.07 Å². The fourth-order valence-electron chi connectivity index (χ4n) is 4.33. The molecule has 0 aromatic carbocycles. The molecule has 0 bridgehead atoms. The Labute approximate surface area is 137 Å². The van der Waals surface area contributed by atoms with Gasteiger partial charge in [-0.1, -0.05) is 0 Å². The second-order valence-corrected chi connectivity index (χ2v) is 7.54. The number of aliphatic hydroxyl groups is 1. The third-order valence-corrected chi connectivity index (χ3v) is 6.03. The predicted molar refractivity (Wildman–Crippen MR) is 88.5 cm³/mol. The maximum absolute atomic E-state index is 12.3. The van der Waals surface area contributed by atoms with Crippen molar-refractivity contribution in [1.29, 1.82) is 0 Å². The van der Waals surface area contributed by atoms with Gasteiger partial charge in [-0.05, 0) is 75.9 Å². The van der Waals surface area contributed by atoms with Crippen molar-refractivity contribution in [2.45, 2.75) is 70.1 Å². The van der Waals surface area contributed by atoms with Gasteiger partial charge < -0.3 is 5.11 Å². The number of piperidine rings is 1. The maximum Gasteiger partial charge on any atom is 0.267 e. The lowest BCUT2D eigenvalue weighted by Gasteiger charge is -2.44. The van der Waals surface area contributed by atoms with E-state index >= 15 is 0 Å². The van der Waals surface area contributed by atoms with Crippen molar-refractivity contribution in [2.75, 3.05) is 13.1 Å². The summed E-state index contributed by atoms with van der Waals surface area (Å²) in [6, 6.07) is 2.21. The first-order chi connectivity index (χ1) is 11.2. The van der Waals surface area contributed by atoms with Crippen LogP contribution in [-0.4, -0.2) is 45.0 Å². The van der Waals surface area contributed by atoms with Gasteiger partial charge in [-0.25, -0.2) is 4.68 Å². The van der Waals surface area contributed by atoms with Crippen molar-refractivity contribution in [3.05, 3.63) is 27.7 Å². The Hall–Kier alpha value is -1.20. The summed E-state index contributed by atoms with van der Waals surface area (Å²) in [6.45, 7) is 2.85. The number of aryl methyl sites for hydroxylation is 2. The first-order valence-corrected chi connectivity index (χ1v) is 9.23. The van der Waals surface area contributed by atoms with Crippen LogP contribution < -0.4 is 5.56 Å². The second kappa shape index (κ2) is 6.36. The summed E-state index contributed by atoms with van der Waals surface area (Å²) in [5.74, 6) is 0.537. The largest absolute Gasteiger partial charge is 0.391 e. The van der Waals surface area contributed by atoms with E-state index in [0.29, 0.717) is 12.0 Å². The van der Waals surface area contributed by atoms with E-state index in [1.54, 1.807) is 4.68 Å². The van der Waals surface area contributed by atoms with Gasteiger partial charge in [-0.15, -0.1) is 0 Å². The maximum atomic E-state index is 12.3. The Morgan fingerprint density at radius 1 is 1.13 bits per heavy atom. The topological polar surface area (TPSA) is 58.4 Å². The minimum atomic E-state index is -0.114. The van der Waals surface area contributed by atoms with Crippen LogP contribution >= 0.6 is 0 Å². The van der Waals surface area contributed by atoms with Crippen LogP contribution in [0.4, 0.5) is 0 Å². The van der Waals surface area contributed by atoms with Crippen molar-refractivity contribution in [3.8, 4) is 0 Å². The van der Waals surface area contributed by atoms with Gasteiger partial charge in [0, 0.05) is 18.7 Å². The average molecular weight is 317 g/mol. The molecule has 0 spiro atoms. The monoisotopic (exact) mass is 317 g/mol. The summed E-state index contributed by atoms with van der Waals surface area (Å²) in [7, 11) is 0. The Kier molecular flexibility index (Phi) is 4.24. The Bertz CT molecular complexity index is 619. The molecule has 1 saturated carbocycles. The molecule has 5 nitrogen and oxygen atoms in total. The molecule has 1 saturated heterocycles. The molecule has 0 amide bonds. The first-order valence-electron chi connectivity index (χ1n) is 9.23. The van der Waals surface area contributed by atoms with E-state index in [1.165, 1.54) is 18.4 Å². The molecule has 4 rings (SSSR count). The molecule has 23 heavy (non-hydrogen) atoms. The molecule has 3 aliphatic rings. The highest BCUT2D eigenvalue weighted by atomic mass is 16.3. The molecule has 2 aliphatic carbocycles. The minimum Gasteiger partial charge on any atom is -0.391 e. The van der Waals surface area contributed by atoms with Crippen LogP contribution in [0.25, 0.3) is 0 Å². The molecular formula is C18H27N3O2. The third kappa shape index (κ3) is 3.09. The molecule has 1 aromatic rings. The number of hydrogen-bond donors (Lipinski definition) is 1. The number of aliphatic hydroxyl groups excluding tert-OH is 1. The molecule has 1 N–H and O–H groups in total. The lowest BCUT2D eigenvalue weighted by Crippen LogP contribution is -2.53. The van der Waals surface area contributed by atoms with Crippen molar-refractivity contribution in [3.63, 3.8) is 0 Å². The van der Waals surface area contributed by atoms with Crippen LogP contribution in [-0.2, 0) is 19.4 Å². The number of fused-ring (bicyclic) bond motifs is 1. The predicted octanol–water partition coefficient (Wildman–Crippen LogP) is 1.36. The standard InChI is InChI=1S/C18H27N3O2/c22-17-6-5-16(17)20-9-7-13(8-10-20)12-21-18(23)11-14-3-1-2-4-15(14)19-21/h11,13,16-17,22H,1-10,12H2. The van der Waals surface area contributed by atoms with Crippen LogP contribution in [0, 0.1) is 5.92 Å². The van der Waals surface area contributed by atoms with Crippen LogP contribution in [0.15, 0.2) is 10.9 Å². The summed E-state index contributed by atoms with van der Waals surface area (Å²) >= 11 is 0. The molecule has 126 valence electrons. The molecular weight excluding hydrogens is 290 g/mol. The van der Waals surface area contributed by atoms with E-state index in [0.717, 1.165) is 63.9 Å². The normalized spacial score (nSPS) is 29.1. The molecule has 2 heterocycles. The highest BCUT2D eigenvalue weighted by Gasteiger charge is 2.35. The zero-order chi connectivity index (χ0) is 15.8. The molecule has 1 aromatic heterocycles. The molecule has 2 atom stereocenters. The summed E-state index contributed by atoms with van der Waals surface area (Å²) in [5.41, 5.74) is 2.39. The lowest BCUT2D eigenvalue weighted by atomic mass is 9.85. The smallest absolute Gasteiger partial charge is 0.267 e. The van der Waals surface area contributed by atoms with Crippen molar-refractivity contribution >= 4 is 0 Å². The van der Waals surface area contributed by atoms with Crippen LogP contribution in [0.1, 0.15) is 49.8 Å². The van der Waals surface area contributed by atoms with Crippen LogP contribution in [0.5, 0.6) is 0 Å². The highest BCUT2D eigenvalue weighted by Crippen LogP contribution is 2.30. The van der Waals surface area contributed by atoms with Crippen molar-refractivity contribution < 1.29 is 5.11 Å². The molecule has 2 fully saturated rings. The Balaban J connectivity index is 1.38. The highest BCUT2D eigenvalue weighted by molar-refractivity contribution is 5.20. The average Bonchev–Trinajstić information content (AvgIpc) is 2.56. The van der Waals surface area contributed by atoms with E-state index in [-0.39, 0.29) is 11.7 Å². The zero-order valence-corrected chi connectivity index (χ0v) is 13.8. The fourth-order valence-corrected chi connectivity index (χ4v) is 4.33. The van der Waals surface area contributed by atoms with Gasteiger partial charge >= 0.3 is 0 Å². The Morgan fingerprint density at radius 2 is 1.91 bits per heavy atom. The van der Waals surface area contributed by atoms with Gasteiger partial charge in [0.2, 0.25) is 0 Å². The van der Waals surface area contributed by atoms with E-state index in [4.69, 9.17) is 0 Å². The van der Waals surface area contributed by atoms with Crippen LogP contribution in [0.2, 0.25) is 0 Å². The van der Waals surface area contributed by atoms with E-state index < -0.39 is 0 Å². The van der Waals surface area contributed by atoms with E-state index in [2.05, 4.69) is 10.00 Å². The van der Waals surface area contributed by atoms with Gasteiger partial charge in [0.05, 0.1) is 11.8 Å². The summed E-state index contributed by atoms with van der Waals surface area (Å²) in [6.07, 6.45) is 8.61. The lowest BCUT2D eigenvalue weighted by molar-refractivity contribution is -0.0348. The third-order valence-electron chi connectivity index (χ3n) is 6.03. The van der Waals surface area contributed by atoms with E-state index in [9.17, 15) is 9.90 Å². The number of nitrogens with zero attached hydrogens (tertiary/aromatic N) is 3. The number of aromatic nitrogens is 2. The quantitative estimate of drug-likeness (QED) is 0.914. The van der Waals surface area contributed by atoms with Gasteiger partial charge in [-0.2, -0.15) is 5.10 Å². The van der Waals surface area contributed by atoms with Crippen molar-refractivity contribution in [1.82, 2.24) is 14.7 Å². The molecule has 5 heteroatoms. The number of likely N-dealkylation sites (tertiary alicyclic amines) is 1. The zero-order valence-electron chi connectivity index (χ0n) is 13.8. The summed E-state index contributed by atoms with van der Waals surface area (Å²) in [4.78, 5) is 14.7. The van der Waals surface area contributed by atoms with Gasteiger partial charge in [0.15, 0.2) is 0 Å². The SMILES string of the molecule is O=c1cc2c(nn1CC1CCN(C3CCC3O)CC1)CCCC2. The van der Waals surface area contributed by atoms with Crippen LogP contribution in [0.3, 0.4) is 0 Å². The summed E-state index contributed by atoms with van der Waals surface area (Å²) < 4.78 is 1.71. The first kappa shape index (κ1) is 15.3. The Morgan fingerprint density at radius 3 is 2.61 bits per heavy atom. The van der Waals surface area contributed by atoms with Gasteiger partial charge in [0.1, 0.15) is 0 Å². The van der Waals surface area contributed by atoms with Crippen molar-refractivity contribution in [2.24, 2.45) is 5.92 Å². The second-order valence-electron chi connectivity index (χ2n) is 7.54. The molecule has 1 aliphatic heterocycles. The fraction of sp³-hybridized carbons (Fsp3) is 0.778. The van der Waals surface area contributed by atoms with Gasteiger partial charge in [-0.3, -0.25) is 9.69 Å². The summed E-state index contributed by atoms with van der Waals surface area (Å²) in [5, 5.41) is 14.5. The molecule has 0 radical (unpaired) electrons. The number of rotatable bonds is 3. The minimum absolute atomic E-state index is 0.0718. The number of hydrogen-bond acceptors (Lipinski definition) is 4. The van der Waals surface area contributed by atoms with Gasteiger partial charge in [0.25, 0.3) is 5.56 Å². The molecule has 2 unspecified atom stereocenters.